The summed E-state index contributed by atoms with van der Waals surface area (Å²) in [5.41, 5.74) is 4.59. The van der Waals surface area contributed by atoms with Gasteiger partial charge in [0, 0.05) is 10.9 Å². The zero-order chi connectivity index (χ0) is 18.4. The van der Waals surface area contributed by atoms with Crippen LogP contribution in [-0.2, 0) is 0 Å². The van der Waals surface area contributed by atoms with Gasteiger partial charge in [0.05, 0.1) is 13.3 Å². The van der Waals surface area contributed by atoms with E-state index in [4.69, 9.17) is 9.47 Å². The molecular formula is C20H19N3O3. The van der Waals surface area contributed by atoms with Gasteiger partial charge in [0.15, 0.2) is 0 Å². The minimum absolute atomic E-state index is 0.328. The first-order valence-electron chi connectivity index (χ1n) is 8.04. The number of hydrogen-bond donors (Lipinski definition) is 2. The van der Waals surface area contributed by atoms with Gasteiger partial charge in [0.2, 0.25) is 0 Å². The average molecular weight is 349 g/mol. The number of nitrogens with zero attached hydrogens (tertiary/aromatic N) is 1. The summed E-state index contributed by atoms with van der Waals surface area (Å²) in [6.07, 6.45) is 3.25. The highest BCUT2D eigenvalue weighted by Gasteiger charge is 2.11. The molecule has 0 radical (unpaired) electrons. The van der Waals surface area contributed by atoms with Gasteiger partial charge >= 0.3 is 0 Å². The largest absolute Gasteiger partial charge is 0.496 e. The number of benzene rings is 2. The molecule has 2 N–H and O–H groups in total. The van der Waals surface area contributed by atoms with Crippen molar-refractivity contribution in [2.75, 3.05) is 13.7 Å². The molecule has 0 aliphatic carbocycles. The van der Waals surface area contributed by atoms with Gasteiger partial charge in [-0.15, -0.1) is 0 Å². The number of nitrogens with one attached hydrogen (secondary N) is 2. The Hall–Kier alpha value is -3.54. The van der Waals surface area contributed by atoms with Crippen LogP contribution < -0.4 is 14.9 Å². The Kier molecular flexibility index (Phi) is 5.34. The maximum atomic E-state index is 12.3. The number of fused-ring (bicyclic) bond motifs is 1. The molecule has 26 heavy (non-hydrogen) atoms. The molecule has 1 aromatic heterocycles. The molecule has 0 saturated carbocycles. The summed E-state index contributed by atoms with van der Waals surface area (Å²) in [5.74, 6) is 1.13. The number of carbonyl (C=O) groups excluding carboxylic acids is 1. The van der Waals surface area contributed by atoms with Crippen LogP contribution in [0.15, 0.2) is 66.3 Å². The van der Waals surface area contributed by atoms with E-state index in [0.717, 1.165) is 22.2 Å². The highest BCUT2D eigenvalue weighted by Crippen LogP contribution is 2.25. The predicted octanol–water partition coefficient (Wildman–Crippen LogP) is 3.51. The molecule has 3 aromatic rings. The summed E-state index contributed by atoms with van der Waals surface area (Å²) in [5, 5.41) is 4.84. The quantitative estimate of drug-likeness (QED) is 0.389. The molecule has 0 fully saturated rings. The van der Waals surface area contributed by atoms with E-state index in [1.54, 1.807) is 25.5 Å². The monoisotopic (exact) mass is 349 g/mol. The van der Waals surface area contributed by atoms with E-state index in [1.165, 1.54) is 0 Å². The van der Waals surface area contributed by atoms with E-state index in [0.29, 0.717) is 18.1 Å². The van der Waals surface area contributed by atoms with Crippen molar-refractivity contribution in [2.24, 2.45) is 5.10 Å². The number of ether oxygens (including phenoxy) is 2. The number of hydrazone groups is 1. The number of methoxy groups -OCH3 is 1. The minimum Gasteiger partial charge on any atom is -0.496 e. The Morgan fingerprint density at radius 2 is 2.08 bits per heavy atom. The second-order valence-electron chi connectivity index (χ2n) is 5.47. The molecule has 2 aromatic carbocycles. The number of aromatic amines is 1. The standard InChI is InChI=1S/C20H19N3O3/c1-3-11-26-15-9-7-14(8-10-15)13-21-23-20(24)18-12-16-17(22-18)5-4-6-19(16)25-2/h3-10,12-13,22H,1,11H2,2H3,(H,23,24)/b21-13+. The van der Waals surface area contributed by atoms with E-state index < -0.39 is 0 Å². The zero-order valence-electron chi connectivity index (χ0n) is 14.4. The van der Waals surface area contributed by atoms with Crippen LogP contribution in [0.1, 0.15) is 16.1 Å². The van der Waals surface area contributed by atoms with Gasteiger partial charge in [-0.1, -0.05) is 18.7 Å². The Labute approximate surface area is 151 Å². The second-order valence-corrected chi connectivity index (χ2v) is 5.47. The molecule has 6 nitrogen and oxygen atoms in total. The maximum absolute atomic E-state index is 12.3. The van der Waals surface area contributed by atoms with Crippen LogP contribution in [-0.4, -0.2) is 30.8 Å². The average Bonchev–Trinajstić information content (AvgIpc) is 3.11. The summed E-state index contributed by atoms with van der Waals surface area (Å²) < 4.78 is 10.7. The number of aromatic nitrogens is 1. The first-order valence-corrected chi connectivity index (χ1v) is 8.04. The van der Waals surface area contributed by atoms with E-state index in [2.05, 4.69) is 22.1 Å². The molecule has 0 saturated heterocycles. The lowest BCUT2D eigenvalue weighted by molar-refractivity contribution is 0.0951. The van der Waals surface area contributed by atoms with Crippen molar-refractivity contribution in [3.05, 3.63) is 72.4 Å². The van der Waals surface area contributed by atoms with Crippen LogP contribution in [0.5, 0.6) is 11.5 Å². The fourth-order valence-electron chi connectivity index (χ4n) is 2.46. The third-order valence-corrected chi connectivity index (χ3v) is 3.72. The number of amides is 1. The van der Waals surface area contributed by atoms with Crippen molar-refractivity contribution in [3.63, 3.8) is 0 Å². The molecule has 0 aliphatic heterocycles. The topological polar surface area (TPSA) is 75.7 Å². The number of carbonyl (C=O) groups is 1. The lowest BCUT2D eigenvalue weighted by Crippen LogP contribution is -2.17. The van der Waals surface area contributed by atoms with Gasteiger partial charge in [0.1, 0.15) is 23.8 Å². The highest BCUT2D eigenvalue weighted by molar-refractivity contribution is 6.00. The normalized spacial score (nSPS) is 10.8. The third kappa shape index (κ3) is 3.92. The molecule has 0 unspecified atom stereocenters. The summed E-state index contributed by atoms with van der Waals surface area (Å²) in [7, 11) is 1.60. The van der Waals surface area contributed by atoms with Gasteiger partial charge in [-0.3, -0.25) is 4.79 Å². The second kappa shape index (κ2) is 8.02. The maximum Gasteiger partial charge on any atom is 0.287 e. The first kappa shape index (κ1) is 17.3. The third-order valence-electron chi connectivity index (χ3n) is 3.72. The van der Waals surface area contributed by atoms with Crippen LogP contribution >= 0.6 is 0 Å². The van der Waals surface area contributed by atoms with Crippen LogP contribution in [0.4, 0.5) is 0 Å². The molecule has 1 amide bonds. The van der Waals surface area contributed by atoms with Gasteiger partial charge in [-0.05, 0) is 48.0 Å². The number of H-pyrrole nitrogens is 1. The van der Waals surface area contributed by atoms with Gasteiger partial charge in [-0.2, -0.15) is 5.10 Å². The summed E-state index contributed by atoms with van der Waals surface area (Å²) in [6, 6.07) is 14.7. The molecular weight excluding hydrogens is 330 g/mol. The molecule has 0 spiro atoms. The van der Waals surface area contributed by atoms with Crippen molar-refractivity contribution >= 4 is 23.0 Å². The fraction of sp³-hybridized carbons (Fsp3) is 0.100. The molecule has 0 bridgehead atoms. The lowest BCUT2D eigenvalue weighted by Gasteiger charge is -2.02. The van der Waals surface area contributed by atoms with Crippen molar-refractivity contribution in [1.29, 1.82) is 0 Å². The van der Waals surface area contributed by atoms with Gasteiger partial charge in [0.25, 0.3) is 5.91 Å². The minimum atomic E-state index is -0.328. The summed E-state index contributed by atoms with van der Waals surface area (Å²) in [4.78, 5) is 15.3. The predicted molar refractivity (Wildman–Crippen MR) is 102 cm³/mol. The fourth-order valence-corrected chi connectivity index (χ4v) is 2.46. The van der Waals surface area contributed by atoms with Gasteiger partial charge in [-0.25, -0.2) is 5.43 Å². The van der Waals surface area contributed by atoms with E-state index >= 15 is 0 Å². The Bertz CT molecular complexity index is 943. The molecule has 0 atom stereocenters. The van der Waals surface area contributed by atoms with Crippen molar-refractivity contribution in [1.82, 2.24) is 10.4 Å². The van der Waals surface area contributed by atoms with Crippen molar-refractivity contribution in [3.8, 4) is 11.5 Å². The Morgan fingerprint density at radius 3 is 2.81 bits per heavy atom. The van der Waals surface area contributed by atoms with Crippen LogP contribution in [0, 0.1) is 0 Å². The smallest absolute Gasteiger partial charge is 0.287 e. The van der Waals surface area contributed by atoms with Gasteiger partial charge < -0.3 is 14.5 Å². The van der Waals surface area contributed by atoms with E-state index in [-0.39, 0.29) is 5.91 Å². The van der Waals surface area contributed by atoms with E-state index in [1.807, 2.05) is 42.5 Å². The Morgan fingerprint density at radius 1 is 1.27 bits per heavy atom. The van der Waals surface area contributed by atoms with Crippen molar-refractivity contribution < 1.29 is 14.3 Å². The molecule has 6 heteroatoms. The molecule has 3 rings (SSSR count). The first-order chi connectivity index (χ1) is 12.7. The highest BCUT2D eigenvalue weighted by atomic mass is 16.5. The summed E-state index contributed by atoms with van der Waals surface area (Å²) >= 11 is 0. The molecule has 0 aliphatic rings. The number of rotatable bonds is 7. The van der Waals surface area contributed by atoms with Crippen LogP contribution in [0.2, 0.25) is 0 Å². The Balaban J connectivity index is 1.65. The molecule has 1 heterocycles. The van der Waals surface area contributed by atoms with Crippen LogP contribution in [0.3, 0.4) is 0 Å². The van der Waals surface area contributed by atoms with Crippen LogP contribution in [0.25, 0.3) is 10.9 Å². The summed E-state index contributed by atoms with van der Waals surface area (Å²) in [6.45, 7) is 4.06. The zero-order valence-corrected chi connectivity index (χ0v) is 14.4. The van der Waals surface area contributed by atoms with Crippen molar-refractivity contribution in [2.45, 2.75) is 0 Å². The van der Waals surface area contributed by atoms with E-state index in [9.17, 15) is 4.79 Å². The number of hydrogen-bond acceptors (Lipinski definition) is 4. The lowest BCUT2D eigenvalue weighted by atomic mass is 10.2. The molecule has 132 valence electrons. The SMILES string of the molecule is C=CCOc1ccc(/C=N/NC(=O)c2cc3c(OC)cccc3[nH]2)cc1.